The molecule has 0 fully saturated rings. The van der Waals surface area contributed by atoms with Crippen molar-refractivity contribution in [2.75, 3.05) is 23.9 Å². The van der Waals surface area contributed by atoms with E-state index in [1.807, 2.05) is 30.3 Å². The van der Waals surface area contributed by atoms with E-state index in [1.54, 1.807) is 13.8 Å². The number of rotatable bonds is 7. The second-order valence-corrected chi connectivity index (χ2v) is 9.61. The molecule has 3 aromatic rings. The monoisotopic (exact) mass is 489 g/mol. The van der Waals surface area contributed by atoms with Crippen molar-refractivity contribution in [3.63, 3.8) is 0 Å². The van der Waals surface area contributed by atoms with Gasteiger partial charge in [0.2, 0.25) is 5.95 Å². The Morgan fingerprint density at radius 2 is 1.85 bits per heavy atom. The Morgan fingerprint density at radius 1 is 1.18 bits per heavy atom. The van der Waals surface area contributed by atoms with Crippen LogP contribution in [0.4, 0.5) is 21.8 Å². The molecule has 1 aromatic heterocycles. The van der Waals surface area contributed by atoms with Crippen LogP contribution in [0.15, 0.2) is 59.6 Å². The number of hydrogen-bond acceptors (Lipinski definition) is 8. The highest BCUT2D eigenvalue weighted by atomic mass is 32.2. The van der Waals surface area contributed by atoms with Crippen LogP contribution in [0.1, 0.15) is 29.8 Å². The van der Waals surface area contributed by atoms with Crippen LogP contribution in [-0.4, -0.2) is 48.3 Å². The van der Waals surface area contributed by atoms with Crippen LogP contribution < -0.4 is 16.4 Å². The van der Waals surface area contributed by atoms with Gasteiger partial charge in [-0.05, 0) is 44.0 Å². The number of carbonyl (C=O) groups excluding carboxylic acids is 1. The third kappa shape index (κ3) is 8.09. The van der Waals surface area contributed by atoms with Crippen molar-refractivity contribution in [1.29, 1.82) is 0 Å². The summed E-state index contributed by atoms with van der Waals surface area (Å²) < 4.78 is 36.7. The van der Waals surface area contributed by atoms with Gasteiger partial charge in [0.25, 0.3) is 5.91 Å². The number of aliphatic hydroxyl groups excluding tert-OH is 1. The Kier molecular flexibility index (Phi) is 9.46. The summed E-state index contributed by atoms with van der Waals surface area (Å²) in [7, 11) is -3.65. The molecule has 34 heavy (non-hydrogen) atoms. The molecular formula is C23H28FN5O4S. The van der Waals surface area contributed by atoms with E-state index in [0.29, 0.717) is 0 Å². The van der Waals surface area contributed by atoms with E-state index in [0.717, 1.165) is 24.8 Å². The van der Waals surface area contributed by atoms with Crippen LogP contribution in [0, 0.1) is 5.82 Å². The average molecular weight is 490 g/mol. The number of aliphatic hydroxyl groups is 1. The van der Waals surface area contributed by atoms with Crippen molar-refractivity contribution in [3.05, 3.63) is 71.7 Å². The zero-order chi connectivity index (χ0) is 25.3. The summed E-state index contributed by atoms with van der Waals surface area (Å²) in [5.41, 5.74) is 7.31. The highest BCUT2D eigenvalue weighted by Crippen LogP contribution is 2.21. The third-order valence-electron chi connectivity index (χ3n) is 4.31. The van der Waals surface area contributed by atoms with Crippen molar-refractivity contribution in [1.82, 2.24) is 15.3 Å². The molecule has 9 nitrogen and oxygen atoms in total. The van der Waals surface area contributed by atoms with Crippen LogP contribution in [0.25, 0.3) is 0 Å². The van der Waals surface area contributed by atoms with Crippen molar-refractivity contribution in [3.8, 4) is 0 Å². The number of carbonyl (C=O) groups is 1. The summed E-state index contributed by atoms with van der Waals surface area (Å²) in [5, 5.41) is 13.9. The Morgan fingerprint density at radius 3 is 2.38 bits per heavy atom. The summed E-state index contributed by atoms with van der Waals surface area (Å²) in [6, 6.07) is 13.4. The lowest BCUT2D eigenvalue weighted by Crippen LogP contribution is -2.31. The number of aromatic nitrogens is 2. The highest BCUT2D eigenvalue weighted by molar-refractivity contribution is 7.90. The van der Waals surface area contributed by atoms with E-state index >= 15 is 0 Å². The fourth-order valence-electron chi connectivity index (χ4n) is 2.75. The Bertz CT molecular complexity index is 1220. The highest BCUT2D eigenvalue weighted by Gasteiger charge is 2.16. The number of anilines is 3. The Hall–Kier alpha value is -3.57. The number of sulfone groups is 1. The normalized spacial score (nSPS) is 10.9. The van der Waals surface area contributed by atoms with E-state index in [9.17, 15) is 17.6 Å². The predicted molar refractivity (Wildman–Crippen MR) is 129 cm³/mol. The van der Waals surface area contributed by atoms with Crippen molar-refractivity contribution in [2.45, 2.75) is 31.2 Å². The van der Waals surface area contributed by atoms with Crippen molar-refractivity contribution >= 4 is 33.2 Å². The summed E-state index contributed by atoms with van der Waals surface area (Å²) >= 11 is 0. The first-order chi connectivity index (χ1) is 16.0. The van der Waals surface area contributed by atoms with E-state index in [1.165, 1.54) is 17.8 Å². The SMILES string of the molecule is CC(C)NC(=O)c1cnc(Nc2ccc(S(C)(=O)=O)c(F)c2)nc1N.OCCc1ccccc1. The van der Waals surface area contributed by atoms with Gasteiger partial charge in [-0.2, -0.15) is 4.98 Å². The molecule has 0 atom stereocenters. The quantitative estimate of drug-likeness (QED) is 0.396. The fourth-order valence-corrected chi connectivity index (χ4v) is 3.48. The molecule has 0 unspecified atom stereocenters. The van der Waals surface area contributed by atoms with Gasteiger partial charge in [0.05, 0.1) is 5.56 Å². The van der Waals surface area contributed by atoms with E-state index < -0.39 is 26.5 Å². The molecule has 0 radical (unpaired) electrons. The average Bonchev–Trinajstić information content (AvgIpc) is 2.74. The molecule has 0 bridgehead atoms. The number of nitrogen functional groups attached to an aromatic ring is 1. The van der Waals surface area contributed by atoms with Crippen LogP contribution in [0.5, 0.6) is 0 Å². The Labute approximate surface area is 198 Å². The molecule has 1 heterocycles. The first kappa shape index (κ1) is 26.7. The number of nitrogens with two attached hydrogens (primary N) is 1. The van der Waals surface area contributed by atoms with Gasteiger partial charge in [-0.15, -0.1) is 0 Å². The molecule has 182 valence electrons. The first-order valence-corrected chi connectivity index (χ1v) is 12.2. The molecule has 1 amide bonds. The predicted octanol–water partition coefficient (Wildman–Crippen LogP) is 2.70. The molecule has 0 saturated heterocycles. The molecule has 0 aliphatic carbocycles. The second-order valence-electron chi connectivity index (χ2n) is 7.62. The topological polar surface area (TPSA) is 147 Å². The minimum Gasteiger partial charge on any atom is -0.396 e. The van der Waals surface area contributed by atoms with Gasteiger partial charge in [0.15, 0.2) is 9.84 Å². The van der Waals surface area contributed by atoms with Crippen LogP contribution in [-0.2, 0) is 16.3 Å². The van der Waals surface area contributed by atoms with Crippen molar-refractivity contribution < 1.29 is 22.7 Å². The van der Waals surface area contributed by atoms with Gasteiger partial charge < -0.3 is 21.5 Å². The van der Waals surface area contributed by atoms with Crippen LogP contribution in [0.3, 0.4) is 0 Å². The minimum absolute atomic E-state index is 0.0381. The van der Waals surface area contributed by atoms with Crippen LogP contribution >= 0.6 is 0 Å². The Balaban J connectivity index is 0.000000379. The van der Waals surface area contributed by atoms with Gasteiger partial charge >= 0.3 is 0 Å². The van der Waals surface area contributed by atoms with Gasteiger partial charge in [-0.25, -0.2) is 17.8 Å². The maximum atomic E-state index is 13.9. The second kappa shape index (κ2) is 12.1. The zero-order valence-corrected chi connectivity index (χ0v) is 19.9. The lowest BCUT2D eigenvalue weighted by atomic mass is 10.2. The van der Waals surface area contributed by atoms with E-state index in [4.69, 9.17) is 10.8 Å². The number of nitrogens with one attached hydrogen (secondary N) is 2. The number of halogens is 1. The molecule has 0 aliphatic rings. The summed E-state index contributed by atoms with van der Waals surface area (Å²) in [4.78, 5) is 19.4. The van der Waals surface area contributed by atoms with E-state index in [2.05, 4.69) is 20.6 Å². The first-order valence-electron chi connectivity index (χ1n) is 10.4. The summed E-state index contributed by atoms with van der Waals surface area (Å²) in [6.45, 7) is 3.85. The molecule has 5 N–H and O–H groups in total. The van der Waals surface area contributed by atoms with Crippen molar-refractivity contribution in [2.24, 2.45) is 0 Å². The molecular weight excluding hydrogens is 461 g/mol. The molecule has 2 aromatic carbocycles. The van der Waals surface area contributed by atoms with Crippen LogP contribution in [0.2, 0.25) is 0 Å². The van der Waals surface area contributed by atoms with Gasteiger partial charge in [0, 0.05) is 30.8 Å². The minimum atomic E-state index is -3.65. The lowest BCUT2D eigenvalue weighted by molar-refractivity contribution is 0.0943. The van der Waals surface area contributed by atoms with E-state index in [-0.39, 0.29) is 35.7 Å². The third-order valence-corrected chi connectivity index (χ3v) is 5.44. The maximum absolute atomic E-state index is 13.9. The lowest BCUT2D eigenvalue weighted by Gasteiger charge is -2.11. The maximum Gasteiger partial charge on any atom is 0.256 e. The number of benzene rings is 2. The standard InChI is InChI=1S/C15H18FN5O3S.C8H10O/c1-8(2)19-14(22)10-7-18-15(21-13(10)17)20-9-4-5-12(11(16)6-9)25(3,23)24;9-7-6-8-4-2-1-3-5-8/h4-8H,1-3H3,(H,19,22)(H3,17,18,20,21);1-5,9H,6-7H2. The fraction of sp³-hybridized carbons (Fsp3) is 0.261. The molecule has 0 aliphatic heterocycles. The van der Waals surface area contributed by atoms with Gasteiger partial charge in [0.1, 0.15) is 16.5 Å². The molecule has 3 rings (SSSR count). The summed E-state index contributed by atoms with van der Waals surface area (Å²) in [6.07, 6.45) is 2.94. The molecule has 0 spiro atoms. The number of amides is 1. The largest absolute Gasteiger partial charge is 0.396 e. The number of nitrogens with zero attached hydrogens (tertiary/aromatic N) is 2. The summed E-state index contributed by atoms with van der Waals surface area (Å²) in [5.74, 6) is -1.29. The molecule has 11 heteroatoms. The van der Waals surface area contributed by atoms with Gasteiger partial charge in [-0.3, -0.25) is 4.79 Å². The van der Waals surface area contributed by atoms with Gasteiger partial charge in [-0.1, -0.05) is 30.3 Å². The number of hydrogen-bond donors (Lipinski definition) is 4. The molecule has 0 saturated carbocycles. The zero-order valence-electron chi connectivity index (χ0n) is 19.1. The smallest absolute Gasteiger partial charge is 0.256 e.